The number of hydrogen-bond donors (Lipinski definition) is 0. The van der Waals surface area contributed by atoms with Crippen molar-refractivity contribution >= 4 is 43.2 Å². The van der Waals surface area contributed by atoms with E-state index in [1.807, 2.05) is 0 Å². The van der Waals surface area contributed by atoms with Crippen LogP contribution >= 0.6 is 31.9 Å². The molecule has 0 radical (unpaired) electrons. The van der Waals surface area contributed by atoms with Crippen LogP contribution in [0, 0.1) is 0 Å². The summed E-state index contributed by atoms with van der Waals surface area (Å²) in [6.45, 7) is 0. The van der Waals surface area contributed by atoms with Crippen LogP contribution in [0.15, 0.2) is 75.7 Å². The van der Waals surface area contributed by atoms with Gasteiger partial charge in [-0.15, -0.1) is 0 Å². The molecular formula is C18H13Br2N. The number of fused-ring (bicyclic) bond motifs is 3. The lowest BCUT2D eigenvalue weighted by Gasteiger charge is -2.29. The molecule has 0 saturated carbocycles. The molecular weight excluding hydrogens is 390 g/mol. The van der Waals surface area contributed by atoms with Crippen LogP contribution in [0.25, 0.3) is 0 Å². The Kier molecular flexibility index (Phi) is 3.27. The number of para-hydroxylation sites is 1. The smallest absolute Gasteiger partial charge is 0.0630 e. The number of rotatable bonds is 1. The first-order valence-corrected chi connectivity index (χ1v) is 8.52. The van der Waals surface area contributed by atoms with Crippen LogP contribution in [-0.2, 0) is 0 Å². The molecule has 0 bridgehead atoms. The highest BCUT2D eigenvalue weighted by Gasteiger charge is 2.37. The maximum Gasteiger partial charge on any atom is 0.0630 e. The fourth-order valence-corrected chi connectivity index (χ4v) is 4.04. The maximum atomic E-state index is 3.62. The molecule has 0 aromatic heterocycles. The predicted molar refractivity (Wildman–Crippen MR) is 95.4 cm³/mol. The van der Waals surface area contributed by atoms with Gasteiger partial charge in [0.1, 0.15) is 0 Å². The minimum absolute atomic E-state index is 0.345. The van der Waals surface area contributed by atoms with E-state index in [0.29, 0.717) is 12.0 Å². The summed E-state index contributed by atoms with van der Waals surface area (Å²) < 4.78 is 2.29. The summed E-state index contributed by atoms with van der Waals surface area (Å²) in [6.07, 6.45) is 6.74. The normalized spacial score (nSPS) is 22.8. The molecule has 1 aliphatic heterocycles. The van der Waals surface area contributed by atoms with Crippen molar-refractivity contribution in [1.29, 1.82) is 0 Å². The quantitative estimate of drug-likeness (QED) is 0.573. The van der Waals surface area contributed by atoms with Crippen molar-refractivity contribution in [3.63, 3.8) is 0 Å². The minimum atomic E-state index is 0.345. The second kappa shape index (κ2) is 5.15. The molecule has 2 aromatic rings. The van der Waals surface area contributed by atoms with Crippen molar-refractivity contribution in [1.82, 2.24) is 0 Å². The van der Waals surface area contributed by atoms with Gasteiger partial charge < -0.3 is 4.90 Å². The van der Waals surface area contributed by atoms with Gasteiger partial charge in [0.2, 0.25) is 0 Å². The predicted octanol–water partition coefficient (Wildman–Crippen LogP) is 5.90. The molecule has 1 nitrogen and oxygen atoms in total. The lowest BCUT2D eigenvalue weighted by Crippen LogP contribution is -2.28. The fourth-order valence-electron chi connectivity index (χ4n) is 3.23. The van der Waals surface area contributed by atoms with Crippen molar-refractivity contribution in [2.45, 2.75) is 12.0 Å². The van der Waals surface area contributed by atoms with Crippen LogP contribution in [0.5, 0.6) is 0 Å². The van der Waals surface area contributed by atoms with Crippen molar-refractivity contribution in [2.75, 3.05) is 4.90 Å². The van der Waals surface area contributed by atoms with E-state index in [1.54, 1.807) is 0 Å². The average molecular weight is 403 g/mol. The molecule has 0 fully saturated rings. The molecule has 21 heavy (non-hydrogen) atoms. The topological polar surface area (TPSA) is 3.24 Å². The SMILES string of the molecule is BrC1=CC2c3cc(Br)ccc3N(c3ccccc3)C2C=C1. The van der Waals surface area contributed by atoms with Crippen molar-refractivity contribution in [2.24, 2.45) is 0 Å². The van der Waals surface area contributed by atoms with Gasteiger partial charge in [-0.05, 0) is 35.9 Å². The molecule has 1 aliphatic carbocycles. The summed E-state index contributed by atoms with van der Waals surface area (Å²) in [5.74, 6) is 0.386. The Morgan fingerprint density at radius 1 is 0.952 bits per heavy atom. The van der Waals surface area contributed by atoms with Crippen LogP contribution in [0.4, 0.5) is 11.4 Å². The van der Waals surface area contributed by atoms with Gasteiger partial charge in [-0.2, -0.15) is 0 Å². The van der Waals surface area contributed by atoms with Gasteiger partial charge in [0, 0.05) is 26.2 Å². The molecule has 2 aromatic carbocycles. The Morgan fingerprint density at radius 3 is 2.57 bits per heavy atom. The van der Waals surface area contributed by atoms with E-state index < -0.39 is 0 Å². The third-order valence-electron chi connectivity index (χ3n) is 4.10. The van der Waals surface area contributed by atoms with E-state index in [2.05, 4.69) is 104 Å². The number of nitrogens with zero attached hydrogens (tertiary/aromatic N) is 1. The standard InChI is InChI=1S/C18H13Br2N/c19-12-6-8-17-15(10-12)16-11-13(20)7-9-18(16)21(17)14-4-2-1-3-5-14/h1-11,15,17H. The highest BCUT2D eigenvalue weighted by molar-refractivity contribution is 9.12. The van der Waals surface area contributed by atoms with Crippen LogP contribution in [-0.4, -0.2) is 6.04 Å². The molecule has 2 atom stereocenters. The Labute approximate surface area is 141 Å². The summed E-state index contributed by atoms with van der Waals surface area (Å²) in [4.78, 5) is 2.43. The van der Waals surface area contributed by atoms with Crippen LogP contribution in [0.3, 0.4) is 0 Å². The lowest BCUT2D eigenvalue weighted by atomic mass is 9.91. The largest absolute Gasteiger partial charge is 0.333 e. The van der Waals surface area contributed by atoms with Crippen LogP contribution in [0.1, 0.15) is 11.5 Å². The summed E-state index contributed by atoms with van der Waals surface area (Å²) in [6, 6.07) is 17.5. The number of anilines is 2. The Balaban J connectivity index is 1.91. The average Bonchev–Trinajstić information content (AvgIpc) is 2.81. The Hall–Kier alpha value is -1.32. The number of hydrogen-bond acceptors (Lipinski definition) is 1. The van der Waals surface area contributed by atoms with E-state index in [1.165, 1.54) is 16.9 Å². The molecule has 0 spiro atoms. The third kappa shape index (κ3) is 2.19. The summed E-state index contributed by atoms with van der Waals surface area (Å²) in [5.41, 5.74) is 3.91. The second-order valence-electron chi connectivity index (χ2n) is 5.34. The zero-order chi connectivity index (χ0) is 14.4. The van der Waals surface area contributed by atoms with E-state index in [4.69, 9.17) is 0 Å². The summed E-state index contributed by atoms with van der Waals surface area (Å²) in [7, 11) is 0. The molecule has 0 amide bonds. The van der Waals surface area contributed by atoms with Crippen molar-refractivity contribution < 1.29 is 0 Å². The minimum Gasteiger partial charge on any atom is -0.333 e. The van der Waals surface area contributed by atoms with Gasteiger partial charge in [-0.1, -0.05) is 68.3 Å². The Morgan fingerprint density at radius 2 is 1.76 bits per heavy atom. The Bertz CT molecular complexity index is 749. The zero-order valence-electron chi connectivity index (χ0n) is 11.2. The molecule has 0 N–H and O–H groups in total. The highest BCUT2D eigenvalue weighted by Crippen LogP contribution is 2.49. The monoisotopic (exact) mass is 401 g/mol. The van der Waals surface area contributed by atoms with E-state index in [-0.39, 0.29) is 0 Å². The first-order chi connectivity index (χ1) is 10.2. The van der Waals surface area contributed by atoms with E-state index >= 15 is 0 Å². The van der Waals surface area contributed by atoms with Crippen LogP contribution in [0.2, 0.25) is 0 Å². The van der Waals surface area contributed by atoms with Gasteiger partial charge in [0.25, 0.3) is 0 Å². The summed E-state index contributed by atoms with van der Waals surface area (Å²) >= 11 is 7.22. The van der Waals surface area contributed by atoms with Crippen molar-refractivity contribution in [3.05, 3.63) is 81.3 Å². The maximum absolute atomic E-state index is 3.62. The number of benzene rings is 2. The fraction of sp³-hybridized carbons (Fsp3) is 0.111. The van der Waals surface area contributed by atoms with E-state index in [0.717, 1.165) is 8.96 Å². The molecule has 2 unspecified atom stereocenters. The summed E-state index contributed by atoms with van der Waals surface area (Å²) in [5, 5.41) is 0. The lowest BCUT2D eigenvalue weighted by molar-refractivity contribution is 0.743. The van der Waals surface area contributed by atoms with Gasteiger partial charge >= 0.3 is 0 Å². The first kappa shape index (κ1) is 13.4. The molecule has 2 aliphatic rings. The molecule has 104 valence electrons. The van der Waals surface area contributed by atoms with Gasteiger partial charge in [-0.25, -0.2) is 0 Å². The first-order valence-electron chi connectivity index (χ1n) is 6.93. The molecule has 1 heterocycles. The van der Waals surface area contributed by atoms with Crippen molar-refractivity contribution in [3.8, 4) is 0 Å². The van der Waals surface area contributed by atoms with Gasteiger partial charge in [0.15, 0.2) is 0 Å². The zero-order valence-corrected chi connectivity index (χ0v) is 14.4. The molecule has 4 rings (SSSR count). The molecule has 3 heteroatoms. The molecule has 0 saturated heterocycles. The van der Waals surface area contributed by atoms with Gasteiger partial charge in [-0.3, -0.25) is 0 Å². The van der Waals surface area contributed by atoms with Crippen LogP contribution < -0.4 is 4.90 Å². The van der Waals surface area contributed by atoms with Gasteiger partial charge in [0.05, 0.1) is 6.04 Å². The van der Waals surface area contributed by atoms with E-state index in [9.17, 15) is 0 Å². The second-order valence-corrected chi connectivity index (χ2v) is 7.17. The third-order valence-corrected chi connectivity index (χ3v) is 5.12. The number of allylic oxidation sites excluding steroid dienone is 2. The highest BCUT2D eigenvalue weighted by atomic mass is 79.9. The number of halogens is 2.